The first kappa shape index (κ1) is 22.3. The fraction of sp³-hybridized carbons (Fsp3) is 0.185. The summed E-state index contributed by atoms with van der Waals surface area (Å²) in [7, 11) is 1.64. The third kappa shape index (κ3) is 3.93. The van der Waals surface area contributed by atoms with Gasteiger partial charge in [0.2, 0.25) is 0 Å². The summed E-state index contributed by atoms with van der Waals surface area (Å²) < 4.78 is 7.23. The van der Waals surface area contributed by atoms with Crippen molar-refractivity contribution in [1.82, 2.24) is 14.8 Å². The van der Waals surface area contributed by atoms with Crippen molar-refractivity contribution >= 4 is 34.5 Å². The quantitative estimate of drug-likeness (QED) is 0.480. The molecule has 0 aliphatic carbocycles. The van der Waals surface area contributed by atoms with Crippen LogP contribution in [0.1, 0.15) is 43.4 Å². The average Bonchev–Trinajstić information content (AvgIpc) is 3.12. The molecule has 1 aliphatic rings. The second-order valence-electron chi connectivity index (χ2n) is 8.51. The van der Waals surface area contributed by atoms with Crippen LogP contribution in [0, 0.1) is 13.8 Å². The highest BCUT2D eigenvalue weighted by Crippen LogP contribution is 2.32. The maximum absolute atomic E-state index is 14.0. The molecule has 0 saturated carbocycles. The van der Waals surface area contributed by atoms with E-state index in [1.54, 1.807) is 18.1 Å². The molecule has 5 rings (SSSR count). The summed E-state index contributed by atoms with van der Waals surface area (Å²) in [5, 5.41) is 5.43. The number of anilines is 1. The van der Waals surface area contributed by atoms with E-state index in [-0.39, 0.29) is 11.6 Å². The number of nitrogens with zero attached hydrogens (tertiary/aromatic N) is 4. The molecular formula is C27H25N5O3. The molecule has 0 bridgehead atoms. The van der Waals surface area contributed by atoms with E-state index in [0.717, 1.165) is 34.0 Å². The molecule has 0 saturated heterocycles. The number of carbonyl (C=O) groups is 2. The normalized spacial score (nSPS) is 14.0. The number of hydrogen-bond acceptors (Lipinski definition) is 5. The van der Waals surface area contributed by atoms with Gasteiger partial charge in [0.1, 0.15) is 11.4 Å². The van der Waals surface area contributed by atoms with Gasteiger partial charge in [-0.15, -0.1) is 0 Å². The lowest BCUT2D eigenvalue weighted by molar-refractivity contribution is 0.0990. The van der Waals surface area contributed by atoms with Gasteiger partial charge in [0, 0.05) is 11.9 Å². The van der Waals surface area contributed by atoms with Crippen LogP contribution >= 0.6 is 0 Å². The Morgan fingerprint density at radius 3 is 2.71 bits per heavy atom. The topological polar surface area (TPSA) is 103 Å². The molecule has 2 N–H and O–H groups in total. The number of nitrogens with two attached hydrogens (primary N) is 1. The van der Waals surface area contributed by atoms with Crippen LogP contribution in [0.4, 0.5) is 5.69 Å². The number of aromatic nitrogens is 3. The number of hydrogen-bond donors (Lipinski definition) is 1. The van der Waals surface area contributed by atoms with Gasteiger partial charge in [-0.3, -0.25) is 14.3 Å². The highest BCUT2D eigenvalue weighted by atomic mass is 16.5. The molecule has 1 aliphatic heterocycles. The molecule has 2 aromatic heterocycles. The molecule has 176 valence electrons. The van der Waals surface area contributed by atoms with Crippen molar-refractivity contribution in [2.24, 2.45) is 5.73 Å². The summed E-state index contributed by atoms with van der Waals surface area (Å²) in [6.07, 6.45) is 3.93. The SMILES string of the molecule is COc1cccc(Cn2nc(C)c(N3C/C=C/c4cccc5nc(C(N)=O)cc(c45)C3=O)c2C)c1. The van der Waals surface area contributed by atoms with Gasteiger partial charge in [-0.2, -0.15) is 5.10 Å². The van der Waals surface area contributed by atoms with Crippen molar-refractivity contribution in [2.75, 3.05) is 18.6 Å². The van der Waals surface area contributed by atoms with Crippen molar-refractivity contribution in [2.45, 2.75) is 20.4 Å². The zero-order chi connectivity index (χ0) is 24.7. The fourth-order valence-corrected chi connectivity index (χ4v) is 4.63. The highest BCUT2D eigenvalue weighted by molar-refractivity contribution is 6.17. The van der Waals surface area contributed by atoms with E-state index in [0.29, 0.717) is 29.6 Å². The minimum atomic E-state index is -0.677. The number of pyridine rings is 1. The standard InChI is InChI=1S/C27H25N5O3/c1-16-25(17(2)32(30-16)15-18-7-4-10-20(13-18)35-3)31-12-6-9-19-8-5-11-22-24(19)21(27(31)34)14-23(29-22)26(28)33/h4-11,13-14H,12,15H2,1-3H3,(H2,28,33)/b9-6+. The predicted octanol–water partition coefficient (Wildman–Crippen LogP) is 3.88. The highest BCUT2D eigenvalue weighted by Gasteiger charge is 2.28. The van der Waals surface area contributed by atoms with Crippen molar-refractivity contribution in [3.05, 3.63) is 88.4 Å². The smallest absolute Gasteiger partial charge is 0.267 e. The van der Waals surface area contributed by atoms with Gasteiger partial charge in [0.05, 0.1) is 41.8 Å². The lowest BCUT2D eigenvalue weighted by Crippen LogP contribution is -2.33. The van der Waals surface area contributed by atoms with Gasteiger partial charge in [-0.1, -0.05) is 36.4 Å². The van der Waals surface area contributed by atoms with Crippen LogP contribution in [-0.2, 0) is 6.54 Å². The Morgan fingerprint density at radius 2 is 1.94 bits per heavy atom. The molecule has 0 atom stereocenters. The van der Waals surface area contributed by atoms with Gasteiger partial charge < -0.3 is 15.4 Å². The number of carbonyl (C=O) groups excluding carboxylic acids is 2. The van der Waals surface area contributed by atoms with E-state index in [1.165, 1.54) is 6.07 Å². The fourth-order valence-electron chi connectivity index (χ4n) is 4.63. The van der Waals surface area contributed by atoms with Crippen LogP contribution < -0.4 is 15.4 Å². The molecule has 0 fully saturated rings. The van der Waals surface area contributed by atoms with Crippen LogP contribution in [0.15, 0.2) is 54.6 Å². The molecule has 0 radical (unpaired) electrons. The molecule has 0 spiro atoms. The monoisotopic (exact) mass is 467 g/mol. The summed E-state index contributed by atoms with van der Waals surface area (Å²) in [4.78, 5) is 32.0. The summed E-state index contributed by atoms with van der Waals surface area (Å²) in [6, 6.07) is 14.9. The van der Waals surface area contributed by atoms with E-state index in [4.69, 9.17) is 15.6 Å². The summed E-state index contributed by atoms with van der Waals surface area (Å²) in [6.45, 7) is 4.74. The van der Waals surface area contributed by atoms with E-state index in [9.17, 15) is 9.59 Å². The van der Waals surface area contributed by atoms with E-state index >= 15 is 0 Å². The number of aryl methyl sites for hydroxylation is 1. The van der Waals surface area contributed by atoms with E-state index < -0.39 is 5.91 Å². The third-order valence-corrected chi connectivity index (χ3v) is 6.26. The molecule has 35 heavy (non-hydrogen) atoms. The molecule has 2 amide bonds. The second-order valence-corrected chi connectivity index (χ2v) is 8.51. The van der Waals surface area contributed by atoms with Crippen molar-refractivity contribution in [1.29, 1.82) is 0 Å². The van der Waals surface area contributed by atoms with Gasteiger partial charge in [-0.05, 0) is 49.2 Å². The maximum atomic E-state index is 14.0. The number of ether oxygens (including phenoxy) is 1. The number of primary amides is 1. The Morgan fingerprint density at radius 1 is 1.14 bits per heavy atom. The van der Waals surface area contributed by atoms with Crippen LogP contribution in [-0.4, -0.2) is 40.2 Å². The minimum Gasteiger partial charge on any atom is -0.497 e. The van der Waals surface area contributed by atoms with Crippen LogP contribution in [0.5, 0.6) is 5.75 Å². The zero-order valence-corrected chi connectivity index (χ0v) is 19.8. The molecule has 4 aromatic rings. The van der Waals surface area contributed by atoms with Crippen molar-refractivity contribution in [3.8, 4) is 5.75 Å². The van der Waals surface area contributed by atoms with E-state index in [1.807, 2.05) is 67.1 Å². The van der Waals surface area contributed by atoms with Gasteiger partial charge in [-0.25, -0.2) is 4.98 Å². The van der Waals surface area contributed by atoms with Crippen molar-refractivity contribution < 1.29 is 14.3 Å². The molecule has 8 nitrogen and oxygen atoms in total. The van der Waals surface area contributed by atoms with Crippen LogP contribution in [0.3, 0.4) is 0 Å². The summed E-state index contributed by atoms with van der Waals surface area (Å²) in [5.74, 6) is -0.133. The number of amides is 2. The maximum Gasteiger partial charge on any atom is 0.267 e. The summed E-state index contributed by atoms with van der Waals surface area (Å²) in [5.41, 5.74) is 10.8. The second kappa shape index (κ2) is 8.72. The molecular weight excluding hydrogens is 442 g/mol. The number of methoxy groups -OCH3 is 1. The largest absolute Gasteiger partial charge is 0.497 e. The Balaban J connectivity index is 1.61. The molecule has 3 heterocycles. The van der Waals surface area contributed by atoms with Gasteiger partial charge in [0.25, 0.3) is 11.8 Å². The lowest BCUT2D eigenvalue weighted by atomic mass is 9.98. The Labute approximate surface area is 202 Å². The molecule has 2 aromatic carbocycles. The number of benzene rings is 2. The average molecular weight is 468 g/mol. The first-order chi connectivity index (χ1) is 16.9. The molecule has 8 heteroatoms. The first-order valence-corrected chi connectivity index (χ1v) is 11.3. The Kier molecular flexibility index (Phi) is 5.56. The van der Waals surface area contributed by atoms with E-state index in [2.05, 4.69) is 4.98 Å². The Hall–Kier alpha value is -4.46. The van der Waals surface area contributed by atoms with Gasteiger partial charge >= 0.3 is 0 Å². The predicted molar refractivity (Wildman–Crippen MR) is 135 cm³/mol. The Bertz CT molecular complexity index is 1520. The lowest BCUT2D eigenvalue weighted by Gasteiger charge is -2.25. The number of rotatable bonds is 5. The van der Waals surface area contributed by atoms with Gasteiger partial charge in [0.15, 0.2) is 0 Å². The summed E-state index contributed by atoms with van der Waals surface area (Å²) >= 11 is 0. The van der Waals surface area contributed by atoms with Crippen LogP contribution in [0.2, 0.25) is 0 Å². The molecule has 0 unspecified atom stereocenters. The van der Waals surface area contributed by atoms with Crippen molar-refractivity contribution in [3.63, 3.8) is 0 Å². The zero-order valence-electron chi connectivity index (χ0n) is 19.8. The van der Waals surface area contributed by atoms with Crippen LogP contribution in [0.25, 0.3) is 17.0 Å². The first-order valence-electron chi connectivity index (χ1n) is 11.3. The third-order valence-electron chi connectivity index (χ3n) is 6.26. The minimum absolute atomic E-state index is 0.0599.